The summed E-state index contributed by atoms with van der Waals surface area (Å²) in [7, 11) is 2.90. The van der Waals surface area contributed by atoms with Gasteiger partial charge in [-0.15, -0.1) is 0 Å². The van der Waals surface area contributed by atoms with Crippen molar-refractivity contribution in [2.24, 2.45) is 4.99 Å². The fraction of sp³-hybridized carbons (Fsp3) is 0.125. The zero-order valence-electron chi connectivity index (χ0n) is 22.9. The van der Waals surface area contributed by atoms with Gasteiger partial charge in [0, 0.05) is 22.3 Å². The average Bonchev–Trinajstić information content (AvgIpc) is 3.57. The molecule has 0 amide bonds. The highest BCUT2D eigenvalue weighted by atomic mass is 35.5. The number of carbonyl (C=O) groups is 1. The van der Waals surface area contributed by atoms with Crippen molar-refractivity contribution in [1.82, 2.24) is 14.3 Å². The van der Waals surface area contributed by atoms with Crippen LogP contribution in [0.25, 0.3) is 23.0 Å². The first-order chi connectivity index (χ1) is 20.4. The lowest BCUT2D eigenvalue weighted by atomic mass is 9.96. The molecule has 0 saturated carbocycles. The molecule has 6 rings (SSSR count). The van der Waals surface area contributed by atoms with Crippen molar-refractivity contribution < 1.29 is 14.3 Å². The second kappa shape index (κ2) is 11.3. The molecule has 10 heteroatoms. The summed E-state index contributed by atoms with van der Waals surface area (Å²) < 4.78 is 14.2. The summed E-state index contributed by atoms with van der Waals surface area (Å²) in [5.41, 5.74) is 4.44. The number of benzene rings is 3. The highest BCUT2D eigenvalue weighted by Crippen LogP contribution is 2.32. The van der Waals surface area contributed by atoms with Gasteiger partial charge in [-0.2, -0.15) is 5.10 Å². The van der Waals surface area contributed by atoms with Crippen molar-refractivity contribution in [3.05, 3.63) is 132 Å². The highest BCUT2D eigenvalue weighted by Gasteiger charge is 2.33. The number of nitrogens with zero attached hydrogens (tertiary/aromatic N) is 4. The molecule has 0 radical (unpaired) electrons. The molecule has 42 heavy (non-hydrogen) atoms. The van der Waals surface area contributed by atoms with Crippen LogP contribution in [-0.2, 0) is 9.53 Å². The molecule has 3 aromatic carbocycles. The molecule has 8 nitrogen and oxygen atoms in total. The summed E-state index contributed by atoms with van der Waals surface area (Å²) in [4.78, 5) is 32.2. The summed E-state index contributed by atoms with van der Waals surface area (Å²) in [6, 6.07) is 23.7. The fourth-order valence-electron chi connectivity index (χ4n) is 4.97. The monoisotopic (exact) mass is 596 g/mol. The van der Waals surface area contributed by atoms with Crippen LogP contribution in [0.15, 0.2) is 106 Å². The summed E-state index contributed by atoms with van der Waals surface area (Å²) in [6.45, 7) is 1.75. The summed E-state index contributed by atoms with van der Waals surface area (Å²) in [5, 5.41) is 5.48. The molecule has 0 saturated heterocycles. The lowest BCUT2D eigenvalue weighted by Crippen LogP contribution is -2.39. The number of ether oxygens (including phenoxy) is 2. The van der Waals surface area contributed by atoms with E-state index in [0.717, 1.165) is 22.4 Å². The topological polar surface area (TPSA) is 87.7 Å². The van der Waals surface area contributed by atoms with Gasteiger partial charge in [-0.1, -0.05) is 65.4 Å². The first kappa shape index (κ1) is 27.4. The Morgan fingerprint density at radius 3 is 2.38 bits per heavy atom. The SMILES string of the molecule is COC(=O)C1=C(C)N=c2sc(=Cc3cn(-c4ccccc4)nc3-c3ccc(Cl)cc3)c(=O)n2[C@H]1c1ccc(OC)cc1. The van der Waals surface area contributed by atoms with E-state index in [0.29, 0.717) is 37.1 Å². The minimum absolute atomic E-state index is 0.275. The smallest absolute Gasteiger partial charge is 0.338 e. The van der Waals surface area contributed by atoms with E-state index in [1.807, 2.05) is 79.0 Å². The third-order valence-corrected chi connectivity index (χ3v) is 8.26. The number of aromatic nitrogens is 3. The third kappa shape index (κ3) is 4.97. The van der Waals surface area contributed by atoms with E-state index in [4.69, 9.17) is 26.2 Å². The number of allylic oxidation sites excluding steroid dienone is 1. The summed E-state index contributed by atoms with van der Waals surface area (Å²) in [6.07, 6.45) is 3.71. The molecule has 0 N–H and O–H groups in total. The van der Waals surface area contributed by atoms with Gasteiger partial charge >= 0.3 is 5.97 Å². The van der Waals surface area contributed by atoms with E-state index in [-0.39, 0.29) is 5.56 Å². The van der Waals surface area contributed by atoms with Crippen LogP contribution in [-0.4, -0.2) is 34.5 Å². The minimum Gasteiger partial charge on any atom is -0.497 e. The minimum atomic E-state index is -0.718. The predicted molar refractivity (Wildman–Crippen MR) is 163 cm³/mol. The van der Waals surface area contributed by atoms with E-state index in [2.05, 4.69) is 4.99 Å². The van der Waals surface area contributed by atoms with Crippen LogP contribution in [0.5, 0.6) is 5.75 Å². The predicted octanol–water partition coefficient (Wildman–Crippen LogP) is 4.92. The number of carbonyl (C=O) groups excluding carboxylic acids is 1. The van der Waals surface area contributed by atoms with Crippen LogP contribution >= 0.6 is 22.9 Å². The van der Waals surface area contributed by atoms with Crippen LogP contribution in [0.3, 0.4) is 0 Å². The Morgan fingerprint density at radius 1 is 1.00 bits per heavy atom. The summed E-state index contributed by atoms with van der Waals surface area (Å²) >= 11 is 7.41. The normalized spacial score (nSPS) is 14.9. The van der Waals surface area contributed by atoms with Crippen LogP contribution in [0.1, 0.15) is 24.1 Å². The Hall–Kier alpha value is -4.73. The Kier molecular flexibility index (Phi) is 7.36. The van der Waals surface area contributed by atoms with Crippen molar-refractivity contribution in [3.63, 3.8) is 0 Å². The zero-order valence-corrected chi connectivity index (χ0v) is 24.5. The van der Waals surface area contributed by atoms with Gasteiger partial charge in [0.25, 0.3) is 5.56 Å². The number of methoxy groups -OCH3 is 2. The van der Waals surface area contributed by atoms with Gasteiger partial charge in [0.2, 0.25) is 0 Å². The number of esters is 1. The van der Waals surface area contributed by atoms with Gasteiger partial charge in [-0.3, -0.25) is 9.36 Å². The van der Waals surface area contributed by atoms with Gasteiger partial charge in [0.05, 0.1) is 41.8 Å². The van der Waals surface area contributed by atoms with Crippen LogP contribution < -0.4 is 19.6 Å². The first-order valence-corrected chi connectivity index (χ1v) is 14.2. The van der Waals surface area contributed by atoms with Crippen LogP contribution in [0, 0.1) is 0 Å². The van der Waals surface area contributed by atoms with Crippen LogP contribution in [0.2, 0.25) is 5.02 Å². The number of hydrogen-bond donors (Lipinski definition) is 0. The lowest BCUT2D eigenvalue weighted by Gasteiger charge is -2.24. The molecule has 0 spiro atoms. The molecular weight excluding hydrogens is 572 g/mol. The largest absolute Gasteiger partial charge is 0.497 e. The van der Waals surface area contributed by atoms with E-state index in [9.17, 15) is 9.59 Å². The van der Waals surface area contributed by atoms with Gasteiger partial charge in [0.15, 0.2) is 4.80 Å². The van der Waals surface area contributed by atoms with E-state index < -0.39 is 12.0 Å². The number of fused-ring (bicyclic) bond motifs is 1. The van der Waals surface area contributed by atoms with Crippen LogP contribution in [0.4, 0.5) is 0 Å². The Bertz CT molecular complexity index is 2010. The summed E-state index contributed by atoms with van der Waals surface area (Å²) in [5.74, 6) is 0.122. The van der Waals surface area contributed by atoms with E-state index in [1.165, 1.54) is 18.4 Å². The van der Waals surface area contributed by atoms with Gasteiger partial charge < -0.3 is 9.47 Å². The van der Waals surface area contributed by atoms with Crippen molar-refractivity contribution >= 4 is 35.0 Å². The van der Waals surface area contributed by atoms with Gasteiger partial charge in [-0.05, 0) is 55.0 Å². The van der Waals surface area contributed by atoms with Crippen molar-refractivity contribution in [2.45, 2.75) is 13.0 Å². The quantitative estimate of drug-likeness (QED) is 0.260. The molecule has 3 heterocycles. The molecule has 1 aliphatic heterocycles. The van der Waals surface area contributed by atoms with Crippen molar-refractivity contribution in [2.75, 3.05) is 14.2 Å². The van der Waals surface area contributed by atoms with Crippen molar-refractivity contribution in [1.29, 1.82) is 0 Å². The van der Waals surface area contributed by atoms with E-state index in [1.54, 1.807) is 35.4 Å². The molecule has 0 fully saturated rings. The first-order valence-electron chi connectivity index (χ1n) is 13.0. The second-order valence-electron chi connectivity index (χ2n) is 9.57. The van der Waals surface area contributed by atoms with Gasteiger partial charge in [-0.25, -0.2) is 14.5 Å². The van der Waals surface area contributed by atoms with Crippen molar-refractivity contribution in [3.8, 4) is 22.7 Å². The maximum Gasteiger partial charge on any atom is 0.338 e. The number of rotatable bonds is 6. The molecule has 1 aliphatic rings. The van der Waals surface area contributed by atoms with Gasteiger partial charge in [0.1, 0.15) is 11.4 Å². The Balaban J connectivity index is 1.56. The number of halogens is 1. The molecule has 1 atom stereocenters. The highest BCUT2D eigenvalue weighted by molar-refractivity contribution is 7.07. The molecule has 0 unspecified atom stereocenters. The molecule has 210 valence electrons. The second-order valence-corrected chi connectivity index (χ2v) is 11.0. The number of hydrogen-bond acceptors (Lipinski definition) is 7. The maximum absolute atomic E-state index is 14.1. The maximum atomic E-state index is 14.1. The number of thiazole rings is 1. The Labute approximate surface area is 250 Å². The molecular formula is C32H25ClN4O4S. The lowest BCUT2D eigenvalue weighted by molar-refractivity contribution is -0.136. The molecule has 0 aliphatic carbocycles. The standard InChI is InChI=1S/C32H25ClN4O4S/c1-19-27(31(39)41-3)29(21-11-15-25(40-2)16-12-21)37-30(38)26(42-32(37)34-19)17-22-18-36(24-7-5-4-6-8-24)35-28(22)20-9-13-23(33)14-10-20/h4-18,29H,1-3H3/t29-/m0/s1. The molecule has 0 bridgehead atoms. The Morgan fingerprint density at radius 2 is 1.71 bits per heavy atom. The average molecular weight is 597 g/mol. The third-order valence-electron chi connectivity index (χ3n) is 7.03. The van der Waals surface area contributed by atoms with E-state index >= 15 is 0 Å². The molecule has 2 aromatic heterocycles. The number of para-hydroxylation sites is 1. The molecule has 5 aromatic rings. The fourth-order valence-corrected chi connectivity index (χ4v) is 6.14. The zero-order chi connectivity index (χ0) is 29.4.